The van der Waals surface area contributed by atoms with E-state index in [9.17, 15) is 0 Å². The molecule has 3 N–H and O–H groups in total. The second-order valence-corrected chi connectivity index (χ2v) is 4.16. The Morgan fingerprint density at radius 3 is 2.33 bits per heavy atom. The second-order valence-electron chi connectivity index (χ2n) is 3.72. The Hall–Kier alpha value is -2.20. The Balaban J connectivity index is 1.99. The van der Waals surface area contributed by atoms with Crippen molar-refractivity contribution < 1.29 is 0 Å². The van der Waals surface area contributed by atoms with Crippen LogP contribution in [0.25, 0.3) is 0 Å². The maximum atomic E-state index is 5.53. The van der Waals surface area contributed by atoms with Gasteiger partial charge in [-0.1, -0.05) is 54.7 Å². The molecule has 90 valence electrons. The van der Waals surface area contributed by atoms with Crippen LogP contribution >= 0.6 is 12.2 Å². The van der Waals surface area contributed by atoms with Gasteiger partial charge >= 0.3 is 0 Å². The number of hydrazone groups is 1. The average molecular weight is 255 g/mol. The van der Waals surface area contributed by atoms with Gasteiger partial charge in [0.15, 0.2) is 0 Å². The van der Waals surface area contributed by atoms with Crippen LogP contribution < -0.4 is 11.2 Å². The van der Waals surface area contributed by atoms with Crippen LogP contribution in [-0.2, 0) is 0 Å². The highest BCUT2D eigenvalue weighted by Gasteiger charge is 1.94. The lowest BCUT2D eigenvalue weighted by molar-refractivity contribution is 1.35. The Morgan fingerprint density at radius 2 is 1.72 bits per heavy atom. The molecule has 0 aliphatic carbocycles. The summed E-state index contributed by atoms with van der Waals surface area (Å²) in [5.41, 5.74) is 11.3. The predicted octanol–water partition coefficient (Wildman–Crippen LogP) is 2.77. The largest absolute Gasteiger partial charge is 0.389 e. The molecule has 0 saturated heterocycles. The molecule has 4 heteroatoms. The van der Waals surface area contributed by atoms with E-state index in [0.717, 1.165) is 16.8 Å². The number of nitrogens with one attached hydrogen (secondary N) is 1. The molecule has 0 radical (unpaired) electrons. The molecule has 18 heavy (non-hydrogen) atoms. The topological polar surface area (TPSA) is 50.4 Å². The summed E-state index contributed by atoms with van der Waals surface area (Å²) in [7, 11) is 0. The number of benzene rings is 2. The first-order valence-electron chi connectivity index (χ1n) is 5.50. The van der Waals surface area contributed by atoms with E-state index in [-0.39, 0.29) is 0 Å². The van der Waals surface area contributed by atoms with Gasteiger partial charge in [0.1, 0.15) is 4.99 Å². The van der Waals surface area contributed by atoms with Gasteiger partial charge in [-0.15, -0.1) is 0 Å². The lowest BCUT2D eigenvalue weighted by Crippen LogP contribution is -2.08. The van der Waals surface area contributed by atoms with Crippen molar-refractivity contribution >= 4 is 29.1 Å². The van der Waals surface area contributed by atoms with Crippen LogP contribution in [0.1, 0.15) is 11.1 Å². The summed E-state index contributed by atoms with van der Waals surface area (Å²) in [6.07, 6.45) is 1.75. The quantitative estimate of drug-likeness (QED) is 0.502. The van der Waals surface area contributed by atoms with Crippen LogP contribution in [0.2, 0.25) is 0 Å². The molecule has 2 aromatic rings. The van der Waals surface area contributed by atoms with Crippen molar-refractivity contribution in [2.45, 2.75) is 0 Å². The van der Waals surface area contributed by atoms with E-state index in [2.05, 4.69) is 10.5 Å². The van der Waals surface area contributed by atoms with Crippen LogP contribution in [0.4, 0.5) is 5.69 Å². The highest BCUT2D eigenvalue weighted by Crippen LogP contribution is 2.05. The molecule has 0 aromatic heterocycles. The fourth-order valence-electron chi connectivity index (χ4n) is 1.43. The first-order chi connectivity index (χ1) is 8.75. The van der Waals surface area contributed by atoms with Crippen LogP contribution in [0.3, 0.4) is 0 Å². The number of nitrogens with zero attached hydrogens (tertiary/aromatic N) is 1. The first kappa shape index (κ1) is 12.3. The molecule has 0 amide bonds. The predicted molar refractivity (Wildman–Crippen MR) is 80.0 cm³/mol. The van der Waals surface area contributed by atoms with Gasteiger partial charge in [0.25, 0.3) is 0 Å². The number of hydrogen-bond donors (Lipinski definition) is 2. The molecule has 3 nitrogen and oxygen atoms in total. The third-order valence-corrected chi connectivity index (χ3v) is 2.61. The van der Waals surface area contributed by atoms with Gasteiger partial charge in [-0.2, -0.15) is 5.10 Å². The lowest BCUT2D eigenvalue weighted by atomic mass is 10.1. The summed E-state index contributed by atoms with van der Waals surface area (Å²) in [5.74, 6) is 0. The minimum absolute atomic E-state index is 0.404. The second kappa shape index (κ2) is 5.93. The SMILES string of the molecule is NC(=S)c1ccc(C=NNc2ccccc2)cc1. The van der Waals surface area contributed by atoms with E-state index < -0.39 is 0 Å². The van der Waals surface area contributed by atoms with Gasteiger partial charge in [-0.3, -0.25) is 5.43 Å². The zero-order valence-corrected chi connectivity index (χ0v) is 10.5. The minimum atomic E-state index is 0.404. The molecule has 2 rings (SSSR count). The summed E-state index contributed by atoms with van der Waals surface area (Å²) in [6.45, 7) is 0. The fourth-order valence-corrected chi connectivity index (χ4v) is 1.56. The number of nitrogens with two attached hydrogens (primary N) is 1. The molecule has 0 saturated carbocycles. The lowest BCUT2D eigenvalue weighted by Gasteiger charge is -2.00. The van der Waals surface area contributed by atoms with Gasteiger partial charge in [-0.05, 0) is 17.7 Å². The van der Waals surface area contributed by atoms with Crippen molar-refractivity contribution in [3.8, 4) is 0 Å². The summed E-state index contributed by atoms with van der Waals surface area (Å²) in [4.78, 5) is 0.404. The van der Waals surface area contributed by atoms with E-state index >= 15 is 0 Å². The molecule has 0 aliphatic rings. The van der Waals surface area contributed by atoms with Gasteiger partial charge < -0.3 is 5.73 Å². The molecule has 0 bridgehead atoms. The smallest absolute Gasteiger partial charge is 0.103 e. The molecule has 0 atom stereocenters. The van der Waals surface area contributed by atoms with Crippen molar-refractivity contribution in [2.24, 2.45) is 10.8 Å². The van der Waals surface area contributed by atoms with E-state index in [1.807, 2.05) is 54.6 Å². The number of anilines is 1. The number of rotatable bonds is 4. The van der Waals surface area contributed by atoms with Crippen LogP contribution in [0.15, 0.2) is 59.7 Å². The first-order valence-corrected chi connectivity index (χ1v) is 5.90. The van der Waals surface area contributed by atoms with Gasteiger partial charge in [0.2, 0.25) is 0 Å². The van der Waals surface area contributed by atoms with Crippen molar-refractivity contribution in [3.05, 3.63) is 65.7 Å². The standard InChI is InChI=1S/C14H13N3S/c15-14(18)12-8-6-11(7-9-12)10-16-17-13-4-2-1-3-5-13/h1-10,17H,(H2,15,18). The highest BCUT2D eigenvalue weighted by molar-refractivity contribution is 7.80. The maximum absolute atomic E-state index is 5.53. The molecular weight excluding hydrogens is 242 g/mol. The van der Waals surface area contributed by atoms with E-state index in [1.54, 1.807) is 6.21 Å². The van der Waals surface area contributed by atoms with E-state index in [1.165, 1.54) is 0 Å². The molecule has 0 spiro atoms. The van der Waals surface area contributed by atoms with Crippen molar-refractivity contribution in [1.29, 1.82) is 0 Å². The Bertz CT molecular complexity index is 547. The molecule has 0 heterocycles. The third kappa shape index (κ3) is 3.40. The third-order valence-electron chi connectivity index (χ3n) is 2.38. The summed E-state index contributed by atoms with van der Waals surface area (Å²) in [6, 6.07) is 17.4. The molecule has 0 aliphatic heterocycles. The Kier molecular flexibility index (Phi) is 4.04. The van der Waals surface area contributed by atoms with Crippen molar-refractivity contribution in [1.82, 2.24) is 0 Å². The highest BCUT2D eigenvalue weighted by atomic mass is 32.1. The fraction of sp³-hybridized carbons (Fsp3) is 0. The zero-order valence-electron chi connectivity index (χ0n) is 9.71. The molecule has 0 unspecified atom stereocenters. The van der Waals surface area contributed by atoms with Crippen LogP contribution in [0.5, 0.6) is 0 Å². The monoisotopic (exact) mass is 255 g/mol. The summed E-state index contributed by atoms with van der Waals surface area (Å²) < 4.78 is 0. The van der Waals surface area contributed by atoms with Gasteiger partial charge in [0, 0.05) is 5.56 Å². The van der Waals surface area contributed by atoms with Crippen LogP contribution in [-0.4, -0.2) is 11.2 Å². The Morgan fingerprint density at radius 1 is 1.06 bits per heavy atom. The number of para-hydroxylation sites is 1. The molecule has 2 aromatic carbocycles. The van der Waals surface area contributed by atoms with Crippen molar-refractivity contribution in [2.75, 3.05) is 5.43 Å². The molecule has 0 fully saturated rings. The number of thiocarbonyl (C=S) groups is 1. The zero-order chi connectivity index (χ0) is 12.8. The summed E-state index contributed by atoms with van der Waals surface area (Å²) >= 11 is 4.89. The number of hydrogen-bond acceptors (Lipinski definition) is 3. The minimum Gasteiger partial charge on any atom is -0.389 e. The van der Waals surface area contributed by atoms with Gasteiger partial charge in [0.05, 0.1) is 11.9 Å². The van der Waals surface area contributed by atoms with Crippen LogP contribution in [0, 0.1) is 0 Å². The average Bonchev–Trinajstić information content (AvgIpc) is 2.40. The van der Waals surface area contributed by atoms with E-state index in [0.29, 0.717) is 4.99 Å². The Labute approximate surface area is 111 Å². The van der Waals surface area contributed by atoms with E-state index in [4.69, 9.17) is 18.0 Å². The van der Waals surface area contributed by atoms with Gasteiger partial charge in [-0.25, -0.2) is 0 Å². The van der Waals surface area contributed by atoms with Crippen molar-refractivity contribution in [3.63, 3.8) is 0 Å². The molecular formula is C14H13N3S. The maximum Gasteiger partial charge on any atom is 0.103 e. The summed E-state index contributed by atoms with van der Waals surface area (Å²) in [5, 5.41) is 4.15. The normalized spacial score (nSPS) is 10.4.